The van der Waals surface area contributed by atoms with Crippen LogP contribution in [0.15, 0.2) is 78.2 Å². The minimum Gasteiger partial charge on any atom is -0.461 e. The van der Waals surface area contributed by atoms with Gasteiger partial charge in [0.1, 0.15) is 6.61 Å². The minimum atomic E-state index is -0.389. The van der Waals surface area contributed by atoms with Crippen molar-refractivity contribution < 1.29 is 9.53 Å². The summed E-state index contributed by atoms with van der Waals surface area (Å²) in [5.74, 6) is -0.389. The summed E-state index contributed by atoms with van der Waals surface area (Å²) in [4.78, 5) is 12.4. The molecule has 0 amide bonds. The second-order valence-electron chi connectivity index (χ2n) is 4.16. The highest BCUT2D eigenvalue weighted by Crippen LogP contribution is 2.35. The van der Waals surface area contributed by atoms with E-state index < -0.39 is 0 Å². The van der Waals surface area contributed by atoms with Gasteiger partial charge in [0.25, 0.3) is 0 Å². The van der Waals surface area contributed by atoms with Gasteiger partial charge in [-0.25, -0.2) is 4.79 Å². The molecule has 2 rings (SSSR count). The molecule has 1 atom stereocenters. The molecule has 0 bridgehead atoms. The fraction of sp³-hybridized carbons (Fsp3) is 0.118. The van der Waals surface area contributed by atoms with Crippen molar-refractivity contribution in [3.63, 3.8) is 0 Å². The fourth-order valence-electron chi connectivity index (χ4n) is 1.75. The highest BCUT2D eigenvalue weighted by molar-refractivity contribution is 7.99. The number of carbonyl (C=O) groups excluding carboxylic acids is 1. The highest BCUT2D eigenvalue weighted by Gasteiger charge is 2.14. The number of carbonyl (C=O) groups is 1. The number of thioether (sulfide) groups is 1. The van der Waals surface area contributed by atoms with Crippen LogP contribution in [-0.4, -0.2) is 12.6 Å². The molecule has 0 saturated carbocycles. The topological polar surface area (TPSA) is 26.3 Å². The second-order valence-corrected chi connectivity index (χ2v) is 5.44. The van der Waals surface area contributed by atoms with Crippen molar-refractivity contribution in [1.29, 1.82) is 0 Å². The Morgan fingerprint density at radius 2 is 1.70 bits per heavy atom. The maximum absolute atomic E-state index is 11.3. The van der Waals surface area contributed by atoms with Gasteiger partial charge in [-0.3, -0.25) is 0 Å². The largest absolute Gasteiger partial charge is 0.461 e. The average molecular weight is 284 g/mol. The van der Waals surface area contributed by atoms with Crippen LogP contribution in [0.4, 0.5) is 0 Å². The third-order valence-electron chi connectivity index (χ3n) is 2.74. The molecule has 0 N–H and O–H groups in total. The Hall–Kier alpha value is -2.00. The summed E-state index contributed by atoms with van der Waals surface area (Å²) in [6.07, 6.45) is 1.19. The van der Waals surface area contributed by atoms with E-state index in [1.165, 1.54) is 6.08 Å². The molecule has 3 heteroatoms. The van der Waals surface area contributed by atoms with Crippen LogP contribution in [0.5, 0.6) is 0 Å². The fourth-order valence-corrected chi connectivity index (χ4v) is 2.82. The molecule has 0 saturated heterocycles. The normalized spacial score (nSPS) is 11.6. The number of esters is 1. The lowest BCUT2D eigenvalue weighted by Gasteiger charge is -2.16. The maximum atomic E-state index is 11.3. The Morgan fingerprint density at radius 3 is 2.30 bits per heavy atom. The second kappa shape index (κ2) is 7.56. The zero-order valence-electron chi connectivity index (χ0n) is 11.1. The van der Waals surface area contributed by atoms with Gasteiger partial charge in [-0.2, -0.15) is 0 Å². The van der Waals surface area contributed by atoms with E-state index in [2.05, 4.69) is 18.7 Å². The van der Waals surface area contributed by atoms with Gasteiger partial charge in [-0.05, 0) is 17.7 Å². The van der Waals surface area contributed by atoms with Crippen LogP contribution < -0.4 is 0 Å². The monoisotopic (exact) mass is 284 g/mol. The smallest absolute Gasteiger partial charge is 0.330 e. The predicted molar refractivity (Wildman–Crippen MR) is 82.6 cm³/mol. The summed E-state index contributed by atoms with van der Waals surface area (Å²) in [5.41, 5.74) is 1.14. The standard InChI is InChI=1S/C17H16O2S/c1-2-17(18)19-13-16(14-9-5-3-6-10-14)20-15-11-7-4-8-12-15/h2-12,16H,1,13H2. The van der Waals surface area contributed by atoms with Crippen molar-refractivity contribution in [3.8, 4) is 0 Å². The van der Waals surface area contributed by atoms with E-state index in [4.69, 9.17) is 4.74 Å². The zero-order chi connectivity index (χ0) is 14.2. The minimum absolute atomic E-state index is 0.0718. The Bertz CT molecular complexity index is 552. The van der Waals surface area contributed by atoms with E-state index in [0.717, 1.165) is 10.5 Å². The van der Waals surface area contributed by atoms with Gasteiger partial charge in [0.05, 0.1) is 5.25 Å². The number of ether oxygens (including phenoxy) is 1. The molecule has 0 radical (unpaired) electrons. The van der Waals surface area contributed by atoms with E-state index >= 15 is 0 Å². The number of rotatable bonds is 6. The average Bonchev–Trinajstić information content (AvgIpc) is 2.53. The van der Waals surface area contributed by atoms with Crippen LogP contribution >= 0.6 is 11.8 Å². The molecule has 0 aliphatic carbocycles. The summed E-state index contributed by atoms with van der Waals surface area (Å²) in [5, 5.41) is 0.0718. The molecule has 0 aliphatic heterocycles. The zero-order valence-corrected chi connectivity index (χ0v) is 11.9. The first-order chi connectivity index (χ1) is 9.79. The first kappa shape index (κ1) is 14.4. The Morgan fingerprint density at radius 1 is 1.10 bits per heavy atom. The third-order valence-corrected chi connectivity index (χ3v) is 3.97. The molecule has 0 aromatic heterocycles. The first-order valence-electron chi connectivity index (χ1n) is 6.35. The van der Waals surface area contributed by atoms with Gasteiger partial charge in [0.2, 0.25) is 0 Å². The van der Waals surface area contributed by atoms with Crippen LogP contribution in [0, 0.1) is 0 Å². The van der Waals surface area contributed by atoms with Gasteiger partial charge >= 0.3 is 5.97 Å². The van der Waals surface area contributed by atoms with Crippen molar-refractivity contribution in [2.75, 3.05) is 6.61 Å². The van der Waals surface area contributed by atoms with Gasteiger partial charge in [0.15, 0.2) is 0 Å². The molecule has 2 aromatic rings. The van der Waals surface area contributed by atoms with Crippen LogP contribution in [-0.2, 0) is 9.53 Å². The molecule has 0 spiro atoms. The molecule has 0 aliphatic rings. The number of benzene rings is 2. The quantitative estimate of drug-likeness (QED) is 0.450. The number of hydrogen-bond acceptors (Lipinski definition) is 3. The van der Waals surface area contributed by atoms with Gasteiger partial charge in [-0.1, -0.05) is 55.1 Å². The van der Waals surface area contributed by atoms with Crippen molar-refractivity contribution in [1.82, 2.24) is 0 Å². The van der Waals surface area contributed by atoms with Gasteiger partial charge in [-0.15, -0.1) is 11.8 Å². The Labute approximate surface area is 123 Å². The lowest BCUT2D eigenvalue weighted by Crippen LogP contribution is -2.08. The predicted octanol–water partition coefficient (Wildman–Crippen LogP) is 4.25. The van der Waals surface area contributed by atoms with E-state index in [1.807, 2.05) is 48.5 Å². The molecular weight excluding hydrogens is 268 g/mol. The molecule has 2 aromatic carbocycles. The highest BCUT2D eigenvalue weighted by atomic mass is 32.2. The van der Waals surface area contributed by atoms with Crippen LogP contribution in [0.25, 0.3) is 0 Å². The summed E-state index contributed by atoms with van der Waals surface area (Å²) in [7, 11) is 0. The Kier molecular flexibility index (Phi) is 5.44. The summed E-state index contributed by atoms with van der Waals surface area (Å²) in [6, 6.07) is 20.1. The summed E-state index contributed by atoms with van der Waals surface area (Å²) in [6.45, 7) is 3.74. The molecule has 2 nitrogen and oxygen atoms in total. The number of hydrogen-bond donors (Lipinski definition) is 0. The summed E-state index contributed by atoms with van der Waals surface area (Å²) >= 11 is 1.68. The molecule has 1 unspecified atom stereocenters. The molecular formula is C17H16O2S. The first-order valence-corrected chi connectivity index (χ1v) is 7.23. The van der Waals surface area contributed by atoms with Crippen molar-refractivity contribution >= 4 is 17.7 Å². The van der Waals surface area contributed by atoms with Crippen LogP contribution in [0.2, 0.25) is 0 Å². The van der Waals surface area contributed by atoms with Crippen LogP contribution in [0.3, 0.4) is 0 Å². The molecule has 0 heterocycles. The molecule has 20 heavy (non-hydrogen) atoms. The van der Waals surface area contributed by atoms with Crippen LogP contribution in [0.1, 0.15) is 10.8 Å². The van der Waals surface area contributed by atoms with E-state index in [1.54, 1.807) is 11.8 Å². The van der Waals surface area contributed by atoms with Gasteiger partial charge in [0, 0.05) is 11.0 Å². The Balaban J connectivity index is 2.12. The lowest BCUT2D eigenvalue weighted by atomic mass is 10.1. The van der Waals surface area contributed by atoms with Gasteiger partial charge < -0.3 is 4.74 Å². The van der Waals surface area contributed by atoms with Crippen molar-refractivity contribution in [2.45, 2.75) is 10.1 Å². The SMILES string of the molecule is C=CC(=O)OCC(Sc1ccccc1)c1ccccc1. The van der Waals surface area contributed by atoms with E-state index in [-0.39, 0.29) is 11.2 Å². The van der Waals surface area contributed by atoms with Crippen molar-refractivity contribution in [3.05, 3.63) is 78.9 Å². The van der Waals surface area contributed by atoms with E-state index in [9.17, 15) is 4.79 Å². The van der Waals surface area contributed by atoms with E-state index in [0.29, 0.717) is 6.61 Å². The lowest BCUT2D eigenvalue weighted by molar-refractivity contribution is -0.137. The third kappa shape index (κ3) is 4.28. The molecule has 0 fully saturated rings. The summed E-state index contributed by atoms with van der Waals surface area (Å²) < 4.78 is 5.20. The molecule has 102 valence electrons. The van der Waals surface area contributed by atoms with Crippen molar-refractivity contribution in [2.24, 2.45) is 0 Å². The maximum Gasteiger partial charge on any atom is 0.330 e.